The Labute approximate surface area is 328 Å². The van der Waals surface area contributed by atoms with Crippen LogP contribution in [0, 0.1) is 0 Å². The fourth-order valence-electron chi connectivity index (χ4n) is 7.34. The third-order valence-corrected chi connectivity index (χ3v) is 12.5. The lowest BCUT2D eigenvalue weighted by Gasteiger charge is -2.23. The van der Waals surface area contributed by atoms with Crippen LogP contribution in [-0.4, -0.2) is 28.2 Å². The molecular formula is C50H45N2S2+. The monoisotopic (exact) mass is 737 g/mol. The van der Waals surface area contributed by atoms with Crippen molar-refractivity contribution in [1.82, 2.24) is 0 Å². The van der Waals surface area contributed by atoms with Crippen molar-refractivity contribution in [3.8, 4) is 10.4 Å². The van der Waals surface area contributed by atoms with E-state index >= 15 is 0 Å². The van der Waals surface area contributed by atoms with Crippen LogP contribution < -0.4 is 9.80 Å². The molecule has 5 aromatic carbocycles. The van der Waals surface area contributed by atoms with Gasteiger partial charge in [-0.25, -0.2) is 0 Å². The average molecular weight is 738 g/mol. The Morgan fingerprint density at radius 2 is 1.26 bits per heavy atom. The zero-order valence-electron chi connectivity index (χ0n) is 31.4. The highest BCUT2D eigenvalue weighted by molar-refractivity contribution is 8.08. The molecule has 0 unspecified atom stereocenters. The predicted molar refractivity (Wildman–Crippen MR) is 239 cm³/mol. The third kappa shape index (κ3) is 7.64. The summed E-state index contributed by atoms with van der Waals surface area (Å²) in [6, 6.07) is 48.6. The smallest absolute Gasteiger partial charge is 0.241 e. The SMILES string of the molecule is CN(C)c1ccc2c(c1)SC(c1ccccc1)=C/C2=C\C=C1/CCCC(/C=C/c2cc(-c3ccccc3)[s+]c3cc(N(C)C)ccc23)=C1c1ccccc1. The van der Waals surface area contributed by atoms with Gasteiger partial charge in [0.2, 0.25) is 20.9 Å². The Morgan fingerprint density at radius 3 is 1.96 bits per heavy atom. The summed E-state index contributed by atoms with van der Waals surface area (Å²) in [5, 5.41) is 1.28. The number of benzene rings is 5. The van der Waals surface area contributed by atoms with Gasteiger partial charge in [0.15, 0.2) is 0 Å². The summed E-state index contributed by atoms with van der Waals surface area (Å²) < 4.78 is 1.29. The van der Waals surface area contributed by atoms with Crippen LogP contribution in [0.25, 0.3) is 42.7 Å². The molecule has 4 heteroatoms. The van der Waals surface area contributed by atoms with Crippen molar-refractivity contribution in [1.29, 1.82) is 0 Å². The van der Waals surface area contributed by atoms with Crippen molar-refractivity contribution < 1.29 is 0 Å². The molecule has 0 saturated carbocycles. The first kappa shape index (κ1) is 35.6. The van der Waals surface area contributed by atoms with Crippen molar-refractivity contribution in [3.63, 3.8) is 0 Å². The van der Waals surface area contributed by atoms with Crippen LogP contribution >= 0.6 is 23.1 Å². The Kier molecular flexibility index (Phi) is 10.5. The van der Waals surface area contributed by atoms with E-state index < -0.39 is 0 Å². The van der Waals surface area contributed by atoms with Gasteiger partial charge in [0.1, 0.15) is 0 Å². The lowest BCUT2D eigenvalue weighted by Crippen LogP contribution is -2.09. The highest BCUT2D eigenvalue weighted by Crippen LogP contribution is 2.46. The van der Waals surface area contributed by atoms with Gasteiger partial charge in [-0.05, 0) is 106 Å². The maximum atomic E-state index is 2.40. The van der Waals surface area contributed by atoms with E-state index in [9.17, 15) is 0 Å². The number of allylic oxidation sites excluding steroid dienone is 8. The number of anilines is 2. The van der Waals surface area contributed by atoms with Gasteiger partial charge in [0.25, 0.3) is 0 Å². The summed E-state index contributed by atoms with van der Waals surface area (Å²) in [5.41, 5.74) is 14.1. The first-order valence-corrected chi connectivity index (χ1v) is 20.3. The number of fused-ring (bicyclic) bond motifs is 2. The van der Waals surface area contributed by atoms with Gasteiger partial charge in [-0.3, -0.25) is 0 Å². The van der Waals surface area contributed by atoms with Gasteiger partial charge in [0, 0.05) is 72.4 Å². The van der Waals surface area contributed by atoms with Crippen molar-refractivity contribution in [2.45, 2.75) is 24.2 Å². The molecule has 2 nitrogen and oxygen atoms in total. The molecule has 0 radical (unpaired) electrons. The highest BCUT2D eigenvalue weighted by Gasteiger charge is 2.22. The molecule has 2 heterocycles. The minimum atomic E-state index is 1.04. The summed E-state index contributed by atoms with van der Waals surface area (Å²) in [6.07, 6.45) is 15.1. The molecule has 1 aliphatic heterocycles. The molecule has 54 heavy (non-hydrogen) atoms. The van der Waals surface area contributed by atoms with Gasteiger partial charge in [-0.2, -0.15) is 0 Å². The summed E-state index contributed by atoms with van der Waals surface area (Å²) in [7, 11) is 8.45. The van der Waals surface area contributed by atoms with E-state index in [2.05, 4.69) is 202 Å². The topological polar surface area (TPSA) is 6.48 Å². The second-order valence-electron chi connectivity index (χ2n) is 14.3. The van der Waals surface area contributed by atoms with Crippen LogP contribution in [0.1, 0.15) is 41.5 Å². The highest BCUT2D eigenvalue weighted by atomic mass is 32.2. The summed E-state index contributed by atoms with van der Waals surface area (Å²) in [4.78, 5) is 8.21. The second-order valence-corrected chi connectivity index (χ2v) is 16.5. The van der Waals surface area contributed by atoms with E-state index in [0.29, 0.717) is 0 Å². The van der Waals surface area contributed by atoms with Crippen molar-refractivity contribution in [2.24, 2.45) is 0 Å². The molecule has 0 bridgehead atoms. The van der Waals surface area contributed by atoms with Crippen LogP contribution in [0.4, 0.5) is 11.4 Å². The molecule has 6 aromatic rings. The van der Waals surface area contributed by atoms with E-state index in [1.165, 1.54) is 86.2 Å². The molecule has 0 fully saturated rings. The number of hydrogen-bond donors (Lipinski definition) is 0. The Morgan fingerprint density at radius 1 is 0.611 bits per heavy atom. The van der Waals surface area contributed by atoms with Crippen LogP contribution in [0.3, 0.4) is 0 Å². The predicted octanol–water partition coefficient (Wildman–Crippen LogP) is 13.8. The lowest BCUT2D eigenvalue weighted by molar-refractivity contribution is 0.806. The quantitative estimate of drug-likeness (QED) is 0.144. The van der Waals surface area contributed by atoms with E-state index in [4.69, 9.17) is 0 Å². The number of hydrogen-bond acceptors (Lipinski definition) is 3. The maximum absolute atomic E-state index is 2.40. The number of nitrogens with zero attached hydrogens (tertiary/aromatic N) is 2. The Balaban J connectivity index is 1.25. The standard InChI is InChI=1S/C50H45N2S2/c1-51(2)42-27-29-44-40(31-46(53-48(44)33-42)35-15-8-5-9-16-35)25-23-38-21-14-22-39(50(38)37-19-12-7-13-20-37)24-26-41-32-47(36-17-10-6-11-18-36)54-49-34-43(52(3)4)28-30-45(41)49/h5-13,15-20,23-34H,14,21-22H2,1-4H3/q+1. The van der Waals surface area contributed by atoms with Crippen molar-refractivity contribution in [3.05, 3.63) is 191 Å². The van der Waals surface area contributed by atoms with Gasteiger partial charge in [-0.1, -0.05) is 121 Å². The minimum Gasteiger partial charge on any atom is -0.378 e. The fraction of sp³-hybridized carbons (Fsp3) is 0.140. The minimum absolute atomic E-state index is 1.04. The maximum Gasteiger partial charge on any atom is 0.241 e. The fourth-order valence-corrected chi connectivity index (χ4v) is 9.64. The van der Waals surface area contributed by atoms with Crippen LogP contribution in [0.5, 0.6) is 0 Å². The molecule has 1 aromatic heterocycles. The Hall–Kier alpha value is -5.42. The van der Waals surface area contributed by atoms with E-state index in [-0.39, 0.29) is 0 Å². The van der Waals surface area contributed by atoms with Crippen LogP contribution in [0.15, 0.2) is 174 Å². The van der Waals surface area contributed by atoms with Crippen LogP contribution in [0.2, 0.25) is 0 Å². The van der Waals surface area contributed by atoms with Gasteiger partial charge in [0.05, 0.1) is 0 Å². The average Bonchev–Trinajstić information content (AvgIpc) is 3.22. The van der Waals surface area contributed by atoms with E-state index in [0.717, 1.165) is 19.3 Å². The van der Waals surface area contributed by atoms with Crippen molar-refractivity contribution in [2.75, 3.05) is 38.0 Å². The summed E-state index contributed by atoms with van der Waals surface area (Å²) in [6.45, 7) is 0. The van der Waals surface area contributed by atoms with Crippen LogP contribution in [-0.2, 0) is 0 Å². The molecule has 266 valence electrons. The summed E-state index contributed by atoms with van der Waals surface area (Å²) in [5.74, 6) is 0. The zero-order valence-corrected chi connectivity index (χ0v) is 33.1. The second kappa shape index (κ2) is 15.9. The number of rotatable bonds is 8. The first-order chi connectivity index (χ1) is 26.4. The molecule has 8 rings (SSSR count). The van der Waals surface area contributed by atoms with E-state index in [1.54, 1.807) is 0 Å². The van der Waals surface area contributed by atoms with Gasteiger partial charge >= 0.3 is 0 Å². The third-order valence-electron chi connectivity index (χ3n) is 10.2. The first-order valence-electron chi connectivity index (χ1n) is 18.7. The normalized spacial score (nSPS) is 15.9. The largest absolute Gasteiger partial charge is 0.378 e. The summed E-state index contributed by atoms with van der Waals surface area (Å²) >= 11 is 3.73. The molecule has 0 N–H and O–H groups in total. The number of thioether (sulfide) groups is 1. The molecule has 0 saturated heterocycles. The molecule has 2 aliphatic rings. The molecule has 0 spiro atoms. The molecule has 0 amide bonds. The van der Waals surface area contributed by atoms with Crippen molar-refractivity contribution >= 4 is 66.7 Å². The van der Waals surface area contributed by atoms with Gasteiger partial charge < -0.3 is 9.80 Å². The van der Waals surface area contributed by atoms with Gasteiger partial charge in [-0.15, -0.1) is 0 Å². The molecule has 1 aliphatic carbocycles. The Bertz CT molecular complexity index is 2470. The molecular weight excluding hydrogens is 693 g/mol. The zero-order chi connectivity index (χ0) is 37.0. The van der Waals surface area contributed by atoms with E-state index in [1.807, 2.05) is 23.1 Å². The lowest BCUT2D eigenvalue weighted by atomic mass is 9.82. The molecule has 0 atom stereocenters.